The van der Waals surface area contributed by atoms with Crippen molar-refractivity contribution >= 4 is 51.7 Å². The van der Waals surface area contributed by atoms with Gasteiger partial charge in [-0.2, -0.15) is 0 Å². The zero-order valence-electron chi connectivity index (χ0n) is 24.8. The first kappa shape index (κ1) is 28.7. The van der Waals surface area contributed by atoms with E-state index in [1.165, 1.54) is 17.0 Å². The number of hydrogen-bond donors (Lipinski definition) is 1. The van der Waals surface area contributed by atoms with Crippen molar-refractivity contribution in [3.05, 3.63) is 82.6 Å². The number of allylic oxidation sites excluding steroid dienone is 2. The number of carbonyl (C=O) groups excluding carboxylic acids is 4. The van der Waals surface area contributed by atoms with Crippen LogP contribution < -0.4 is 4.90 Å². The molecule has 6 atom stereocenters. The number of phenolic OH excluding ortho intramolecular Hbond substituents is 1. The number of anilines is 1. The molecular formula is C35H32ClFN2O5. The van der Waals surface area contributed by atoms with Gasteiger partial charge in [0.25, 0.3) is 0 Å². The van der Waals surface area contributed by atoms with Gasteiger partial charge in [0.05, 0.1) is 33.9 Å². The zero-order valence-corrected chi connectivity index (χ0v) is 25.6. The second kappa shape index (κ2) is 9.48. The van der Waals surface area contributed by atoms with Gasteiger partial charge in [0.1, 0.15) is 11.6 Å². The van der Waals surface area contributed by atoms with Crippen molar-refractivity contribution in [2.24, 2.45) is 29.1 Å². The number of nitrogens with zero attached hydrogens (tertiary/aromatic N) is 2. The van der Waals surface area contributed by atoms with Gasteiger partial charge in [-0.1, -0.05) is 53.6 Å². The van der Waals surface area contributed by atoms with Crippen LogP contribution >= 0.6 is 11.6 Å². The number of halogens is 2. The van der Waals surface area contributed by atoms with Crippen molar-refractivity contribution in [2.45, 2.75) is 52.0 Å². The van der Waals surface area contributed by atoms with Crippen molar-refractivity contribution in [1.82, 2.24) is 4.90 Å². The standard InChI is InChI=1S/C35H32ClFN2O5/c1-34(2,3)39-30(41)22-11-10-21-23(28(22)32(39)43)16-24-31(42)38(17-9-13-26(37)25(36)15-17)33(44)35(24,4)29(21)20-12-14-27(40)19-8-6-5-7-18(19)20/h5-10,12-15,22-24,28-29,40H,11,16H2,1-4H3. The zero-order chi connectivity index (χ0) is 31.5. The third kappa shape index (κ3) is 3.73. The predicted octanol–water partition coefficient (Wildman–Crippen LogP) is 6.37. The second-order valence-electron chi connectivity index (χ2n) is 13.7. The molecule has 3 fully saturated rings. The third-order valence-corrected chi connectivity index (χ3v) is 10.6. The first-order valence-corrected chi connectivity index (χ1v) is 15.3. The van der Waals surface area contributed by atoms with Crippen LogP contribution in [0.1, 0.15) is 52.0 Å². The molecule has 4 aliphatic rings. The molecule has 7 nitrogen and oxygen atoms in total. The van der Waals surface area contributed by atoms with Crippen LogP contribution in [0.2, 0.25) is 5.02 Å². The molecule has 2 saturated heterocycles. The Morgan fingerprint density at radius 2 is 1.64 bits per heavy atom. The van der Waals surface area contributed by atoms with Crippen molar-refractivity contribution in [3.8, 4) is 5.75 Å². The third-order valence-electron chi connectivity index (χ3n) is 10.4. The highest BCUT2D eigenvalue weighted by atomic mass is 35.5. The van der Waals surface area contributed by atoms with Crippen LogP contribution in [0.3, 0.4) is 0 Å². The summed E-state index contributed by atoms with van der Waals surface area (Å²) in [5.41, 5.74) is -0.193. The molecule has 2 aliphatic heterocycles. The van der Waals surface area contributed by atoms with E-state index in [9.17, 15) is 28.7 Å². The van der Waals surface area contributed by atoms with Crippen molar-refractivity contribution < 1.29 is 28.7 Å². The van der Waals surface area contributed by atoms with E-state index in [1.807, 2.05) is 45.0 Å². The smallest absolute Gasteiger partial charge is 0.241 e. The largest absolute Gasteiger partial charge is 0.507 e. The molecule has 0 aromatic heterocycles. The summed E-state index contributed by atoms with van der Waals surface area (Å²) in [5, 5.41) is 11.9. The molecule has 0 bridgehead atoms. The molecule has 9 heteroatoms. The maximum Gasteiger partial charge on any atom is 0.241 e. The monoisotopic (exact) mass is 614 g/mol. The minimum absolute atomic E-state index is 0.0879. The van der Waals surface area contributed by atoms with Crippen LogP contribution in [0, 0.1) is 34.9 Å². The summed E-state index contributed by atoms with van der Waals surface area (Å²) < 4.78 is 14.1. The molecule has 7 rings (SSSR count). The van der Waals surface area contributed by atoms with Crippen LogP contribution in [0.5, 0.6) is 5.75 Å². The lowest BCUT2D eigenvalue weighted by atomic mass is 9.51. The Hall–Kier alpha value is -4.04. The Morgan fingerprint density at radius 1 is 0.932 bits per heavy atom. The number of rotatable bonds is 2. The number of benzene rings is 3. The van der Waals surface area contributed by atoms with E-state index in [-0.39, 0.29) is 34.7 Å². The van der Waals surface area contributed by atoms with E-state index in [4.69, 9.17) is 11.6 Å². The van der Waals surface area contributed by atoms with Crippen LogP contribution in [0.25, 0.3) is 10.8 Å². The normalized spacial score (nSPS) is 30.0. The fourth-order valence-corrected chi connectivity index (χ4v) is 8.62. The highest BCUT2D eigenvalue weighted by Crippen LogP contribution is 2.64. The molecule has 0 radical (unpaired) electrons. The number of carbonyl (C=O) groups is 4. The van der Waals surface area contributed by atoms with Gasteiger partial charge in [0, 0.05) is 16.8 Å². The molecule has 3 aromatic carbocycles. The van der Waals surface area contributed by atoms with E-state index in [1.54, 1.807) is 25.1 Å². The summed E-state index contributed by atoms with van der Waals surface area (Å²) in [5.74, 6) is -5.05. The second-order valence-corrected chi connectivity index (χ2v) is 14.1. The number of phenols is 1. The van der Waals surface area contributed by atoms with Crippen molar-refractivity contribution in [1.29, 1.82) is 0 Å². The lowest BCUT2D eigenvalue weighted by Gasteiger charge is -2.49. The summed E-state index contributed by atoms with van der Waals surface area (Å²) in [4.78, 5) is 59.1. The molecule has 3 aromatic rings. The van der Waals surface area contributed by atoms with Crippen molar-refractivity contribution in [3.63, 3.8) is 0 Å². The SMILES string of the molecule is CC12C(=O)N(c3ccc(F)c(Cl)c3)C(=O)C1CC1C(=CCC3C(=O)N(C(C)(C)C)C(=O)C31)C2c1ccc(O)c2ccccc12. The van der Waals surface area contributed by atoms with Crippen LogP contribution in [-0.2, 0) is 19.2 Å². The number of amides is 4. The van der Waals surface area contributed by atoms with Crippen LogP contribution in [0.15, 0.2) is 66.2 Å². The lowest BCUT2D eigenvalue weighted by molar-refractivity contribution is -0.145. The summed E-state index contributed by atoms with van der Waals surface area (Å²) >= 11 is 6.09. The number of hydrogen-bond acceptors (Lipinski definition) is 5. The Labute approximate surface area is 259 Å². The molecule has 4 amide bonds. The Balaban J connectivity index is 1.45. The molecule has 44 heavy (non-hydrogen) atoms. The van der Waals surface area contributed by atoms with E-state index >= 15 is 0 Å². The van der Waals surface area contributed by atoms with Crippen LogP contribution in [0.4, 0.5) is 10.1 Å². The van der Waals surface area contributed by atoms with Gasteiger partial charge in [-0.3, -0.25) is 24.1 Å². The van der Waals surface area contributed by atoms with Gasteiger partial charge in [-0.15, -0.1) is 0 Å². The molecular weight excluding hydrogens is 583 g/mol. The summed E-state index contributed by atoms with van der Waals surface area (Å²) in [6.07, 6.45) is 2.56. The Bertz CT molecular complexity index is 1850. The first-order chi connectivity index (χ1) is 20.8. The molecule has 1 N–H and O–H groups in total. The maximum absolute atomic E-state index is 14.6. The average Bonchev–Trinajstić information content (AvgIpc) is 3.35. The fourth-order valence-electron chi connectivity index (χ4n) is 8.45. The summed E-state index contributed by atoms with van der Waals surface area (Å²) in [7, 11) is 0. The van der Waals surface area contributed by atoms with E-state index < -0.39 is 58.2 Å². The molecule has 0 spiro atoms. The highest BCUT2D eigenvalue weighted by molar-refractivity contribution is 6.31. The van der Waals surface area contributed by atoms with Gasteiger partial charge < -0.3 is 5.11 Å². The van der Waals surface area contributed by atoms with Gasteiger partial charge in [0.2, 0.25) is 23.6 Å². The minimum atomic E-state index is -1.28. The van der Waals surface area contributed by atoms with Gasteiger partial charge in [-0.05, 0) is 81.7 Å². The Kier molecular flexibility index (Phi) is 6.19. The number of fused-ring (bicyclic) bond motifs is 5. The minimum Gasteiger partial charge on any atom is -0.507 e. The first-order valence-electron chi connectivity index (χ1n) is 14.9. The molecule has 6 unspecified atom stereocenters. The quantitative estimate of drug-likeness (QED) is 0.267. The van der Waals surface area contributed by atoms with Gasteiger partial charge in [0.15, 0.2) is 0 Å². The van der Waals surface area contributed by atoms with Gasteiger partial charge >= 0.3 is 0 Å². The maximum atomic E-state index is 14.6. The summed E-state index contributed by atoms with van der Waals surface area (Å²) in [6, 6.07) is 14.5. The number of aromatic hydroxyl groups is 1. The average molecular weight is 615 g/mol. The topological polar surface area (TPSA) is 95.0 Å². The number of likely N-dealkylation sites (tertiary alicyclic amines) is 1. The molecule has 1 saturated carbocycles. The molecule has 2 aliphatic carbocycles. The van der Waals surface area contributed by atoms with Crippen molar-refractivity contribution in [2.75, 3.05) is 4.90 Å². The van der Waals surface area contributed by atoms with Gasteiger partial charge in [-0.25, -0.2) is 9.29 Å². The van der Waals surface area contributed by atoms with E-state index in [0.717, 1.165) is 27.5 Å². The number of imide groups is 2. The van der Waals surface area contributed by atoms with Crippen LogP contribution in [-0.4, -0.2) is 39.2 Å². The summed E-state index contributed by atoms with van der Waals surface area (Å²) in [6.45, 7) is 7.30. The predicted molar refractivity (Wildman–Crippen MR) is 163 cm³/mol. The fraction of sp³-hybridized carbons (Fsp3) is 0.371. The molecule has 226 valence electrons. The van der Waals surface area contributed by atoms with E-state index in [0.29, 0.717) is 11.8 Å². The molecule has 2 heterocycles. The Morgan fingerprint density at radius 3 is 2.32 bits per heavy atom. The highest BCUT2D eigenvalue weighted by Gasteiger charge is 2.68. The van der Waals surface area contributed by atoms with E-state index in [2.05, 4.69) is 0 Å². The lowest BCUT2D eigenvalue weighted by Crippen LogP contribution is -2.49.